The molecule has 0 bridgehead atoms. The minimum Gasteiger partial charge on any atom is -0.323 e. The molecule has 6 nitrogen and oxygen atoms in total. The Morgan fingerprint density at radius 1 is 1.07 bits per heavy atom. The Balaban J connectivity index is 1.32. The number of Topliss-reactive ketones (excluding diaryl/α,β-unsaturated/α-hetero) is 1. The molecule has 0 unspecified atom stereocenters. The third-order valence-corrected chi connectivity index (χ3v) is 7.01. The summed E-state index contributed by atoms with van der Waals surface area (Å²) in [6, 6.07) is 7.50. The molecule has 2 heterocycles. The highest BCUT2D eigenvalue weighted by Gasteiger charge is 2.52. The van der Waals surface area contributed by atoms with Crippen molar-refractivity contribution in [3.05, 3.63) is 35.4 Å². The molecule has 2 aliphatic heterocycles. The maximum Gasteiger partial charge on any atom is 0.326 e. The molecule has 0 radical (unpaired) electrons. The number of nitrogens with zero attached hydrogens (tertiary/aromatic N) is 2. The Hall–Kier alpha value is -2.21. The van der Waals surface area contributed by atoms with E-state index in [1.54, 1.807) is 0 Å². The molecule has 6 heteroatoms. The van der Waals surface area contributed by atoms with E-state index in [1.807, 2.05) is 31.2 Å². The molecule has 3 fully saturated rings. The van der Waals surface area contributed by atoms with Crippen molar-refractivity contribution >= 4 is 17.7 Å². The molecule has 156 valence electrons. The monoisotopic (exact) mass is 397 g/mol. The summed E-state index contributed by atoms with van der Waals surface area (Å²) in [5, 5.41) is 2.99. The number of ketones is 1. The van der Waals surface area contributed by atoms with E-state index < -0.39 is 5.54 Å². The minimum atomic E-state index is -0.677. The fourth-order valence-corrected chi connectivity index (χ4v) is 4.89. The van der Waals surface area contributed by atoms with Gasteiger partial charge in [0.15, 0.2) is 5.78 Å². The van der Waals surface area contributed by atoms with Crippen LogP contribution in [0.25, 0.3) is 0 Å². The number of hydrogen-bond acceptors (Lipinski definition) is 4. The van der Waals surface area contributed by atoms with Crippen LogP contribution in [0.4, 0.5) is 4.79 Å². The summed E-state index contributed by atoms with van der Waals surface area (Å²) in [5.41, 5.74) is 1.25. The Bertz CT molecular complexity index is 788. The number of urea groups is 1. The van der Waals surface area contributed by atoms with Gasteiger partial charge in [-0.2, -0.15) is 0 Å². The lowest BCUT2D eigenvalue weighted by atomic mass is 9.77. The molecule has 3 amide bonds. The predicted molar refractivity (Wildman–Crippen MR) is 110 cm³/mol. The third kappa shape index (κ3) is 3.95. The van der Waals surface area contributed by atoms with Gasteiger partial charge in [0.25, 0.3) is 5.91 Å². The average Bonchev–Trinajstić information content (AvgIpc) is 2.95. The first kappa shape index (κ1) is 20.1. The van der Waals surface area contributed by atoms with Gasteiger partial charge in [-0.15, -0.1) is 0 Å². The fraction of sp³-hybridized carbons (Fsp3) is 0.609. The zero-order valence-corrected chi connectivity index (χ0v) is 17.4. The summed E-state index contributed by atoms with van der Waals surface area (Å²) in [7, 11) is 0. The predicted octanol–water partition coefficient (Wildman–Crippen LogP) is 3.35. The summed E-state index contributed by atoms with van der Waals surface area (Å²) in [6.45, 7) is 5.99. The largest absolute Gasteiger partial charge is 0.326 e. The van der Waals surface area contributed by atoms with E-state index >= 15 is 0 Å². The summed E-state index contributed by atoms with van der Waals surface area (Å²) in [5.74, 6) is 0.773. The van der Waals surface area contributed by atoms with Crippen LogP contribution in [0, 0.1) is 18.8 Å². The number of piperidine rings is 1. The van der Waals surface area contributed by atoms with Crippen LogP contribution < -0.4 is 5.32 Å². The van der Waals surface area contributed by atoms with Crippen LogP contribution in [0.15, 0.2) is 24.3 Å². The Morgan fingerprint density at radius 2 is 1.69 bits per heavy atom. The second kappa shape index (κ2) is 7.90. The van der Waals surface area contributed by atoms with Crippen molar-refractivity contribution < 1.29 is 14.4 Å². The molecule has 1 N–H and O–H groups in total. The Kier molecular flexibility index (Phi) is 5.47. The van der Waals surface area contributed by atoms with Crippen LogP contribution in [-0.2, 0) is 4.79 Å². The summed E-state index contributed by atoms with van der Waals surface area (Å²) >= 11 is 0. The fourth-order valence-electron chi connectivity index (χ4n) is 4.89. The zero-order chi connectivity index (χ0) is 20.6. The maximum atomic E-state index is 13.0. The number of nitrogens with one attached hydrogen (secondary N) is 1. The lowest BCUT2D eigenvalue weighted by Gasteiger charge is -2.35. The van der Waals surface area contributed by atoms with Gasteiger partial charge in [-0.1, -0.05) is 36.8 Å². The minimum absolute atomic E-state index is 0.0169. The molecule has 29 heavy (non-hydrogen) atoms. The number of benzene rings is 1. The number of likely N-dealkylation sites (tertiary alicyclic amines) is 1. The van der Waals surface area contributed by atoms with Crippen molar-refractivity contribution in [2.45, 2.75) is 57.9 Å². The molecular formula is C23H31N3O3. The smallest absolute Gasteiger partial charge is 0.323 e. The molecule has 1 aromatic carbocycles. The standard InChI is InChI=1S/C23H31N3O3/c1-16-3-5-18(6-4-16)20(27)19-9-13-25(14-10-19)15-26-21(28)23(24-22(26)29)11-7-17(2)8-12-23/h3-6,17,19H,7-15H2,1-2H3,(H,24,29). The first-order valence-electron chi connectivity index (χ1n) is 10.9. The Morgan fingerprint density at radius 3 is 2.31 bits per heavy atom. The first-order chi connectivity index (χ1) is 13.9. The van der Waals surface area contributed by atoms with E-state index in [9.17, 15) is 14.4 Å². The number of amides is 3. The van der Waals surface area contributed by atoms with Gasteiger partial charge in [0, 0.05) is 24.6 Å². The van der Waals surface area contributed by atoms with Crippen LogP contribution in [-0.4, -0.2) is 52.8 Å². The molecule has 2 saturated heterocycles. The lowest BCUT2D eigenvalue weighted by Crippen LogP contribution is -2.50. The van der Waals surface area contributed by atoms with Crippen LogP contribution in [0.1, 0.15) is 61.4 Å². The first-order valence-corrected chi connectivity index (χ1v) is 10.9. The van der Waals surface area contributed by atoms with Crippen LogP contribution in [0.3, 0.4) is 0 Å². The van der Waals surface area contributed by atoms with E-state index in [4.69, 9.17) is 0 Å². The molecule has 1 spiro atoms. The van der Waals surface area contributed by atoms with Crippen molar-refractivity contribution in [1.82, 2.24) is 15.1 Å². The molecule has 1 saturated carbocycles. The van der Waals surface area contributed by atoms with Gasteiger partial charge in [0.1, 0.15) is 5.54 Å². The molecule has 1 aromatic rings. The van der Waals surface area contributed by atoms with Crippen molar-refractivity contribution in [3.8, 4) is 0 Å². The van der Waals surface area contributed by atoms with Gasteiger partial charge in [-0.3, -0.25) is 14.5 Å². The summed E-state index contributed by atoms with van der Waals surface area (Å²) < 4.78 is 0. The van der Waals surface area contributed by atoms with Gasteiger partial charge in [-0.05, 0) is 51.4 Å². The molecule has 0 aromatic heterocycles. The zero-order valence-electron chi connectivity index (χ0n) is 17.4. The molecule has 4 rings (SSSR count). The number of rotatable bonds is 4. The average molecular weight is 398 g/mol. The van der Waals surface area contributed by atoms with Gasteiger partial charge in [-0.25, -0.2) is 9.69 Å². The van der Waals surface area contributed by atoms with E-state index in [1.165, 1.54) is 4.90 Å². The second-order valence-corrected chi connectivity index (χ2v) is 9.19. The Labute approximate surface area is 172 Å². The van der Waals surface area contributed by atoms with Crippen molar-refractivity contribution in [2.24, 2.45) is 11.8 Å². The highest BCUT2D eigenvalue weighted by atomic mass is 16.2. The van der Waals surface area contributed by atoms with Gasteiger partial charge < -0.3 is 5.32 Å². The lowest BCUT2D eigenvalue weighted by molar-refractivity contribution is -0.134. The second-order valence-electron chi connectivity index (χ2n) is 9.19. The van der Waals surface area contributed by atoms with E-state index in [0.717, 1.165) is 62.7 Å². The molecule has 3 aliphatic rings. The summed E-state index contributed by atoms with van der Waals surface area (Å²) in [4.78, 5) is 41.8. The van der Waals surface area contributed by atoms with Crippen LogP contribution in [0.2, 0.25) is 0 Å². The number of imide groups is 1. The molecule has 0 atom stereocenters. The van der Waals surface area contributed by atoms with Gasteiger partial charge >= 0.3 is 6.03 Å². The van der Waals surface area contributed by atoms with Crippen LogP contribution >= 0.6 is 0 Å². The highest BCUT2D eigenvalue weighted by molar-refractivity contribution is 6.07. The van der Waals surface area contributed by atoms with E-state index in [-0.39, 0.29) is 23.6 Å². The topological polar surface area (TPSA) is 69.7 Å². The van der Waals surface area contributed by atoms with Crippen molar-refractivity contribution in [1.29, 1.82) is 0 Å². The number of aryl methyl sites for hydroxylation is 1. The van der Waals surface area contributed by atoms with E-state index in [0.29, 0.717) is 12.6 Å². The third-order valence-electron chi connectivity index (χ3n) is 7.01. The number of carbonyl (C=O) groups is 3. The van der Waals surface area contributed by atoms with Crippen LogP contribution in [0.5, 0.6) is 0 Å². The number of hydrogen-bond donors (Lipinski definition) is 1. The normalized spacial score (nSPS) is 28.8. The van der Waals surface area contributed by atoms with Gasteiger partial charge in [0.2, 0.25) is 0 Å². The van der Waals surface area contributed by atoms with Crippen molar-refractivity contribution in [2.75, 3.05) is 19.8 Å². The SMILES string of the molecule is Cc1ccc(C(=O)C2CCN(CN3C(=O)NC4(CCC(C)CC4)C3=O)CC2)cc1. The molecular weight excluding hydrogens is 366 g/mol. The quantitative estimate of drug-likeness (QED) is 0.625. The number of carbonyl (C=O) groups excluding carboxylic acids is 3. The summed E-state index contributed by atoms with van der Waals surface area (Å²) in [6.07, 6.45) is 4.96. The van der Waals surface area contributed by atoms with Gasteiger partial charge in [0.05, 0.1) is 6.67 Å². The van der Waals surface area contributed by atoms with Crippen molar-refractivity contribution in [3.63, 3.8) is 0 Å². The molecule has 1 aliphatic carbocycles. The van der Waals surface area contributed by atoms with E-state index in [2.05, 4.69) is 17.1 Å². The maximum absolute atomic E-state index is 13.0. The highest BCUT2D eigenvalue weighted by Crippen LogP contribution is 2.36.